The quantitative estimate of drug-likeness (QED) is 0.783. The molecular formula is C16H20FN4O3S-. The molecule has 1 atom stereocenters. The highest BCUT2D eigenvalue weighted by Crippen LogP contribution is 2.31. The second kappa shape index (κ2) is 8.03. The van der Waals surface area contributed by atoms with Crippen LogP contribution < -0.4 is 14.4 Å². The van der Waals surface area contributed by atoms with E-state index in [0.29, 0.717) is 23.4 Å². The van der Waals surface area contributed by atoms with Crippen LogP contribution in [0.5, 0.6) is 5.75 Å². The molecule has 1 unspecified atom stereocenters. The lowest BCUT2D eigenvalue weighted by atomic mass is 9.93. The lowest BCUT2D eigenvalue weighted by molar-refractivity contribution is 0.379. The van der Waals surface area contributed by atoms with Crippen molar-refractivity contribution in [1.29, 1.82) is 0 Å². The highest BCUT2D eigenvalue weighted by molar-refractivity contribution is 7.77. The molecule has 1 saturated heterocycles. The number of nitrogens with zero attached hydrogens (tertiary/aromatic N) is 3. The van der Waals surface area contributed by atoms with E-state index in [-0.39, 0.29) is 5.75 Å². The Labute approximate surface area is 148 Å². The Morgan fingerprint density at radius 1 is 1.40 bits per heavy atom. The maximum Gasteiger partial charge on any atom is 0.165 e. The summed E-state index contributed by atoms with van der Waals surface area (Å²) in [4.78, 5) is 10.7. The second-order valence-electron chi connectivity index (χ2n) is 6.05. The number of rotatable bonds is 6. The monoisotopic (exact) mass is 367 g/mol. The molecule has 2 heterocycles. The molecular weight excluding hydrogens is 347 g/mol. The van der Waals surface area contributed by atoms with Crippen LogP contribution in [0.3, 0.4) is 0 Å². The number of halogens is 1. The number of hydrogen-bond acceptors (Lipinski definition) is 6. The van der Waals surface area contributed by atoms with Gasteiger partial charge in [0.15, 0.2) is 11.6 Å². The van der Waals surface area contributed by atoms with E-state index in [1.807, 2.05) is 0 Å². The van der Waals surface area contributed by atoms with Crippen molar-refractivity contribution in [3.8, 4) is 5.75 Å². The van der Waals surface area contributed by atoms with Gasteiger partial charge in [-0.25, -0.2) is 19.1 Å². The van der Waals surface area contributed by atoms with Crippen LogP contribution in [0, 0.1) is 11.7 Å². The van der Waals surface area contributed by atoms with Gasteiger partial charge in [0, 0.05) is 42.4 Å². The fourth-order valence-electron chi connectivity index (χ4n) is 3.23. The first-order valence-electron chi connectivity index (χ1n) is 8.14. The Morgan fingerprint density at radius 3 is 2.84 bits per heavy atom. The Morgan fingerprint density at radius 2 is 2.16 bits per heavy atom. The van der Waals surface area contributed by atoms with Crippen LogP contribution in [0.15, 0.2) is 18.5 Å². The first-order chi connectivity index (χ1) is 12.1. The van der Waals surface area contributed by atoms with Gasteiger partial charge in [-0.3, -0.25) is 4.21 Å². The van der Waals surface area contributed by atoms with Crippen molar-refractivity contribution < 1.29 is 17.9 Å². The molecule has 2 aromatic rings. The highest BCUT2D eigenvalue weighted by Gasteiger charge is 2.22. The van der Waals surface area contributed by atoms with Crippen LogP contribution in [0.1, 0.15) is 19.3 Å². The van der Waals surface area contributed by atoms with E-state index in [4.69, 9.17) is 4.74 Å². The molecule has 0 spiro atoms. The summed E-state index contributed by atoms with van der Waals surface area (Å²) in [5, 5.41) is 0.669. The molecule has 0 amide bonds. The number of anilines is 1. The largest absolute Gasteiger partial charge is 0.760 e. The SMILES string of the molecule is COc1cc2ncnc(N3CCC(CCNS(=O)[O-])CC3)c2cc1F. The highest BCUT2D eigenvalue weighted by atomic mass is 32.2. The van der Waals surface area contributed by atoms with Crippen LogP contribution >= 0.6 is 0 Å². The lowest BCUT2D eigenvalue weighted by Crippen LogP contribution is -2.35. The van der Waals surface area contributed by atoms with Gasteiger partial charge in [-0.05, 0) is 31.2 Å². The molecule has 7 nitrogen and oxygen atoms in total. The van der Waals surface area contributed by atoms with Crippen molar-refractivity contribution >= 4 is 28.0 Å². The van der Waals surface area contributed by atoms with E-state index in [1.165, 1.54) is 19.5 Å². The molecule has 0 radical (unpaired) electrons. The van der Waals surface area contributed by atoms with Crippen molar-refractivity contribution in [1.82, 2.24) is 14.7 Å². The molecule has 1 aliphatic heterocycles. The minimum atomic E-state index is -2.20. The van der Waals surface area contributed by atoms with Gasteiger partial charge in [-0.15, -0.1) is 0 Å². The fraction of sp³-hybridized carbons (Fsp3) is 0.500. The summed E-state index contributed by atoms with van der Waals surface area (Å²) < 4.78 is 42.5. The van der Waals surface area contributed by atoms with E-state index >= 15 is 0 Å². The third-order valence-corrected chi connectivity index (χ3v) is 5.01. The summed E-state index contributed by atoms with van der Waals surface area (Å²) in [6, 6.07) is 3.00. The third kappa shape index (κ3) is 4.23. The summed E-state index contributed by atoms with van der Waals surface area (Å²) in [5.41, 5.74) is 0.646. The standard InChI is InChI=1S/C16H21FN4O3S/c1-24-15-9-14-12(8-13(15)17)16(19-10-18-14)21-6-3-11(4-7-21)2-5-20-25(22)23/h8-11,20H,2-7H2,1H3,(H,22,23)/p-1. The van der Waals surface area contributed by atoms with Crippen LogP contribution in [0.2, 0.25) is 0 Å². The van der Waals surface area contributed by atoms with Gasteiger partial charge in [0.2, 0.25) is 0 Å². The molecule has 1 N–H and O–H groups in total. The number of hydrogen-bond donors (Lipinski definition) is 1. The first kappa shape index (κ1) is 18.0. The van der Waals surface area contributed by atoms with Crippen LogP contribution in [-0.2, 0) is 11.3 Å². The van der Waals surface area contributed by atoms with Gasteiger partial charge in [-0.2, -0.15) is 0 Å². The van der Waals surface area contributed by atoms with E-state index in [9.17, 15) is 13.2 Å². The zero-order valence-electron chi connectivity index (χ0n) is 13.9. The Hall–Kier alpha value is -1.84. The molecule has 0 bridgehead atoms. The number of methoxy groups -OCH3 is 1. The summed E-state index contributed by atoms with van der Waals surface area (Å²) in [6.07, 6.45) is 4.18. The topological polar surface area (TPSA) is 90.4 Å². The molecule has 1 aromatic carbocycles. The Bertz CT molecular complexity index is 768. The summed E-state index contributed by atoms with van der Waals surface area (Å²) in [6.45, 7) is 2.05. The fourth-order valence-corrected chi connectivity index (χ4v) is 3.52. The third-order valence-electron chi connectivity index (χ3n) is 4.57. The van der Waals surface area contributed by atoms with Crippen molar-refractivity contribution in [2.45, 2.75) is 19.3 Å². The van der Waals surface area contributed by atoms with Crippen molar-refractivity contribution in [2.75, 3.05) is 31.6 Å². The number of nitrogens with one attached hydrogen (secondary N) is 1. The molecule has 0 aliphatic carbocycles. The maximum atomic E-state index is 14.1. The predicted molar refractivity (Wildman–Crippen MR) is 92.5 cm³/mol. The van der Waals surface area contributed by atoms with Gasteiger partial charge in [0.25, 0.3) is 0 Å². The molecule has 25 heavy (non-hydrogen) atoms. The van der Waals surface area contributed by atoms with Crippen LogP contribution in [-0.4, -0.2) is 45.5 Å². The predicted octanol–water partition coefficient (Wildman–Crippen LogP) is 1.77. The van der Waals surface area contributed by atoms with Crippen LogP contribution in [0.4, 0.5) is 10.2 Å². The number of benzene rings is 1. The normalized spacial score (nSPS) is 17.0. The van der Waals surface area contributed by atoms with Gasteiger partial charge in [0.05, 0.1) is 12.6 Å². The zero-order valence-corrected chi connectivity index (χ0v) is 14.7. The van der Waals surface area contributed by atoms with E-state index < -0.39 is 17.1 Å². The van der Waals surface area contributed by atoms with Gasteiger partial charge >= 0.3 is 0 Å². The van der Waals surface area contributed by atoms with Crippen molar-refractivity contribution in [3.63, 3.8) is 0 Å². The van der Waals surface area contributed by atoms with E-state index in [1.54, 1.807) is 6.07 Å². The number of ether oxygens (including phenoxy) is 1. The minimum Gasteiger partial charge on any atom is -0.760 e. The summed E-state index contributed by atoms with van der Waals surface area (Å²) in [7, 11) is 1.42. The van der Waals surface area contributed by atoms with Crippen molar-refractivity contribution in [2.24, 2.45) is 5.92 Å². The van der Waals surface area contributed by atoms with Gasteiger partial charge in [-0.1, -0.05) is 0 Å². The molecule has 9 heteroatoms. The molecule has 3 rings (SSSR count). The molecule has 1 aromatic heterocycles. The van der Waals surface area contributed by atoms with Gasteiger partial charge in [0.1, 0.15) is 12.1 Å². The summed E-state index contributed by atoms with van der Waals surface area (Å²) in [5.74, 6) is 0.928. The van der Waals surface area contributed by atoms with Gasteiger partial charge < -0.3 is 14.2 Å². The molecule has 1 aliphatic rings. The number of piperidine rings is 1. The maximum absolute atomic E-state index is 14.1. The number of fused-ring (bicyclic) bond motifs is 1. The Kier molecular flexibility index (Phi) is 5.77. The van der Waals surface area contributed by atoms with E-state index in [2.05, 4.69) is 19.6 Å². The molecule has 1 fully saturated rings. The number of aromatic nitrogens is 2. The molecule has 136 valence electrons. The minimum absolute atomic E-state index is 0.166. The van der Waals surface area contributed by atoms with E-state index in [0.717, 1.165) is 38.2 Å². The zero-order chi connectivity index (χ0) is 17.8. The van der Waals surface area contributed by atoms with Crippen molar-refractivity contribution in [3.05, 3.63) is 24.3 Å². The first-order valence-corrected chi connectivity index (χ1v) is 9.22. The van der Waals surface area contributed by atoms with Crippen LogP contribution in [0.25, 0.3) is 10.9 Å². The average molecular weight is 367 g/mol. The average Bonchev–Trinajstić information content (AvgIpc) is 2.61. The molecule has 0 saturated carbocycles. The summed E-state index contributed by atoms with van der Waals surface area (Å²) >= 11 is -2.20. The second-order valence-corrected chi connectivity index (χ2v) is 6.81. The smallest absolute Gasteiger partial charge is 0.165 e. The Balaban J connectivity index is 1.71. The lowest BCUT2D eigenvalue weighted by Gasteiger charge is -2.33.